The first-order valence-corrected chi connectivity index (χ1v) is 17.9. The number of hydrogen-bond acceptors (Lipinski definition) is 11. The lowest BCUT2D eigenvalue weighted by atomic mass is 9.68. The molecule has 0 aromatic heterocycles. The van der Waals surface area contributed by atoms with Crippen molar-refractivity contribution in [3.05, 3.63) is 52.1 Å². The minimum absolute atomic E-state index is 0.00215. The molecule has 0 spiro atoms. The van der Waals surface area contributed by atoms with Crippen LogP contribution in [0, 0.1) is 5.41 Å². The number of carbonyl (C=O) groups excluding carboxylic acids is 1. The van der Waals surface area contributed by atoms with Gasteiger partial charge in [0.2, 0.25) is 5.91 Å². The molecule has 0 bridgehead atoms. The van der Waals surface area contributed by atoms with E-state index in [-0.39, 0.29) is 29.5 Å². The highest BCUT2D eigenvalue weighted by Crippen LogP contribution is 2.55. The number of nitrogens with one attached hydrogen (secondary N) is 2. The Morgan fingerprint density at radius 3 is 2.39 bits per heavy atom. The maximum absolute atomic E-state index is 13.5. The second-order valence-electron chi connectivity index (χ2n) is 12.8. The highest BCUT2D eigenvalue weighted by Gasteiger charge is 2.54. The van der Waals surface area contributed by atoms with Gasteiger partial charge >= 0.3 is 0 Å². The molecule has 13 heteroatoms. The normalized spacial score (nSPS) is 25.0. The van der Waals surface area contributed by atoms with Gasteiger partial charge in [0, 0.05) is 44.1 Å². The molecule has 1 amide bonds. The van der Waals surface area contributed by atoms with Gasteiger partial charge in [0.1, 0.15) is 18.3 Å². The van der Waals surface area contributed by atoms with Gasteiger partial charge in [-0.1, -0.05) is 38.8 Å². The number of sulfone groups is 1. The van der Waals surface area contributed by atoms with Gasteiger partial charge in [0.05, 0.1) is 35.2 Å². The molecule has 1 aromatic rings. The molecule has 0 radical (unpaired) electrons. The van der Waals surface area contributed by atoms with Gasteiger partial charge in [-0.3, -0.25) is 4.79 Å². The molecular formula is C33H53N3O9S. The Labute approximate surface area is 272 Å². The second-order valence-corrected chi connectivity index (χ2v) is 14.7. The van der Waals surface area contributed by atoms with E-state index in [1.165, 1.54) is 0 Å². The number of carbonyl (C=O) groups is 1. The Kier molecular flexibility index (Phi) is 13.8. The van der Waals surface area contributed by atoms with E-state index in [0.717, 1.165) is 18.4 Å². The Morgan fingerprint density at radius 2 is 1.76 bits per heavy atom. The molecule has 3 rings (SSSR count). The SMILES string of the molecule is CCCC[C@]1(CC)CS(=O)(=O)C2=C1[C@H](O)[C@@H](c1cccc(NC(=O)CCCCNC[C@H](O)[C@@H](O)[C@H](O)[C@H](O)CO)c1)C=C2N(C)C. The Balaban J connectivity index is 1.63. The summed E-state index contributed by atoms with van der Waals surface area (Å²) in [5.74, 6) is -0.692. The molecule has 0 saturated heterocycles. The number of unbranched alkanes of at least 4 members (excludes halogenated alkanes) is 2. The van der Waals surface area contributed by atoms with Crippen molar-refractivity contribution >= 4 is 21.4 Å². The fourth-order valence-corrected chi connectivity index (χ4v) is 9.14. The van der Waals surface area contributed by atoms with Crippen LogP contribution in [0.1, 0.15) is 70.3 Å². The summed E-state index contributed by atoms with van der Waals surface area (Å²) in [5, 5.41) is 65.5. The summed E-state index contributed by atoms with van der Waals surface area (Å²) in [6.45, 7) is 3.72. The number of hydrogen-bond donors (Lipinski definition) is 8. The second kappa shape index (κ2) is 16.6. The van der Waals surface area contributed by atoms with Crippen molar-refractivity contribution in [1.29, 1.82) is 0 Å². The number of amides is 1. The summed E-state index contributed by atoms with van der Waals surface area (Å²) < 4.78 is 27.1. The summed E-state index contributed by atoms with van der Waals surface area (Å²) in [6, 6.07) is 7.27. The van der Waals surface area contributed by atoms with Gasteiger partial charge in [-0.2, -0.15) is 0 Å². The molecule has 1 heterocycles. The number of likely N-dealkylation sites (N-methyl/N-ethyl adjacent to an activating group) is 1. The van der Waals surface area contributed by atoms with Crippen LogP contribution in [-0.2, 0) is 14.6 Å². The van der Waals surface area contributed by atoms with Gasteiger partial charge in [-0.25, -0.2) is 8.42 Å². The van der Waals surface area contributed by atoms with Crippen molar-refractivity contribution in [2.75, 3.05) is 44.9 Å². The molecule has 260 valence electrons. The summed E-state index contributed by atoms with van der Waals surface area (Å²) >= 11 is 0. The minimum Gasteiger partial charge on any atom is -0.394 e. The Hall–Kier alpha value is -2.36. The van der Waals surface area contributed by atoms with E-state index in [2.05, 4.69) is 17.6 Å². The standard InChI is InChI=1S/C33H53N3O9S/c1-5-7-14-33(6-2)20-46(44,45)32-24(36(3)4)17-23(29(41)28(32)33)21-11-10-12-22(16-21)35-27(40)13-8-9-15-34-18-25(38)30(42)31(43)26(39)19-37/h10-12,16-17,23,25-26,29-31,34,37-39,41-43H,5-9,13-15,18-20H2,1-4H3,(H,35,40)/t23-,25+,26-,29-,30-,31-,33-/m1/s1. The predicted molar refractivity (Wildman–Crippen MR) is 176 cm³/mol. The monoisotopic (exact) mass is 667 g/mol. The highest BCUT2D eigenvalue weighted by molar-refractivity contribution is 7.95. The zero-order valence-corrected chi connectivity index (χ0v) is 28.2. The van der Waals surface area contributed by atoms with E-state index in [9.17, 15) is 38.7 Å². The molecule has 0 unspecified atom stereocenters. The topological polar surface area (TPSA) is 200 Å². The largest absolute Gasteiger partial charge is 0.394 e. The van der Waals surface area contributed by atoms with Crippen LogP contribution in [0.2, 0.25) is 0 Å². The average molecular weight is 668 g/mol. The molecule has 1 aromatic carbocycles. The predicted octanol–water partition coefficient (Wildman–Crippen LogP) is 0.994. The maximum Gasteiger partial charge on any atom is 0.224 e. The maximum atomic E-state index is 13.5. The fraction of sp³-hybridized carbons (Fsp3) is 0.667. The smallest absolute Gasteiger partial charge is 0.224 e. The van der Waals surface area contributed by atoms with Crippen LogP contribution >= 0.6 is 0 Å². The number of aliphatic hydroxyl groups is 6. The Morgan fingerprint density at radius 1 is 1.07 bits per heavy atom. The third kappa shape index (κ3) is 8.75. The third-order valence-electron chi connectivity index (χ3n) is 9.21. The quantitative estimate of drug-likeness (QED) is 0.104. The van der Waals surface area contributed by atoms with Gasteiger partial charge < -0.3 is 46.2 Å². The molecule has 0 saturated carbocycles. The molecule has 0 fully saturated rings. The van der Waals surface area contributed by atoms with Crippen molar-refractivity contribution in [2.45, 2.75) is 95.2 Å². The highest BCUT2D eigenvalue weighted by atomic mass is 32.2. The van der Waals surface area contributed by atoms with Crippen LogP contribution in [0.15, 0.2) is 46.5 Å². The summed E-state index contributed by atoms with van der Waals surface area (Å²) in [5.41, 5.74) is 1.91. The summed E-state index contributed by atoms with van der Waals surface area (Å²) in [6.07, 6.45) is -0.947. The first-order chi connectivity index (χ1) is 21.7. The van der Waals surface area contributed by atoms with Crippen molar-refractivity contribution in [1.82, 2.24) is 10.2 Å². The zero-order chi connectivity index (χ0) is 34.2. The third-order valence-corrected chi connectivity index (χ3v) is 11.2. The van der Waals surface area contributed by atoms with Gasteiger partial charge in [0.15, 0.2) is 9.84 Å². The lowest BCUT2D eigenvalue weighted by molar-refractivity contribution is -0.116. The number of nitrogens with zero attached hydrogens (tertiary/aromatic N) is 1. The molecule has 2 aliphatic rings. The van der Waals surface area contributed by atoms with Crippen molar-refractivity contribution in [3.8, 4) is 0 Å². The number of rotatable bonds is 18. The first kappa shape index (κ1) is 38.1. The molecule has 12 nitrogen and oxygen atoms in total. The molecular weight excluding hydrogens is 614 g/mol. The number of aliphatic hydroxyl groups excluding tert-OH is 6. The van der Waals surface area contributed by atoms with Crippen molar-refractivity contribution < 1.29 is 43.9 Å². The molecule has 7 atom stereocenters. The van der Waals surface area contributed by atoms with Crippen LogP contribution < -0.4 is 10.6 Å². The molecule has 46 heavy (non-hydrogen) atoms. The van der Waals surface area contributed by atoms with Crippen LogP contribution in [0.3, 0.4) is 0 Å². The van der Waals surface area contributed by atoms with Gasteiger partial charge in [-0.05, 0) is 61.6 Å². The van der Waals surface area contributed by atoms with Crippen LogP contribution in [-0.4, -0.2) is 120 Å². The number of benzene rings is 1. The average Bonchev–Trinajstić information content (AvgIpc) is 3.27. The minimum atomic E-state index is -3.59. The van der Waals surface area contributed by atoms with Crippen LogP contribution in [0.25, 0.3) is 0 Å². The van der Waals surface area contributed by atoms with E-state index in [0.29, 0.717) is 49.2 Å². The zero-order valence-electron chi connectivity index (χ0n) is 27.4. The summed E-state index contributed by atoms with van der Waals surface area (Å²) in [4.78, 5) is 14.8. The van der Waals surface area contributed by atoms with Gasteiger partial charge in [0.25, 0.3) is 0 Å². The van der Waals surface area contributed by atoms with Crippen LogP contribution in [0.4, 0.5) is 5.69 Å². The van der Waals surface area contributed by atoms with E-state index in [4.69, 9.17) is 5.11 Å². The number of anilines is 1. The van der Waals surface area contributed by atoms with E-state index < -0.39 is 58.3 Å². The molecule has 1 aliphatic heterocycles. The fourth-order valence-electron chi connectivity index (χ4n) is 6.52. The van der Waals surface area contributed by atoms with Gasteiger partial charge in [-0.15, -0.1) is 0 Å². The van der Waals surface area contributed by atoms with E-state index in [1.54, 1.807) is 17.0 Å². The lowest BCUT2D eigenvalue weighted by Gasteiger charge is -2.38. The molecule has 1 aliphatic carbocycles. The van der Waals surface area contributed by atoms with E-state index in [1.807, 2.05) is 39.2 Å². The van der Waals surface area contributed by atoms with Crippen molar-refractivity contribution in [3.63, 3.8) is 0 Å². The Bertz CT molecular complexity index is 1350. The van der Waals surface area contributed by atoms with E-state index >= 15 is 0 Å². The first-order valence-electron chi connectivity index (χ1n) is 16.2. The van der Waals surface area contributed by atoms with Crippen molar-refractivity contribution in [2.24, 2.45) is 5.41 Å². The lowest BCUT2D eigenvalue weighted by Crippen LogP contribution is -2.49. The van der Waals surface area contributed by atoms with Crippen LogP contribution in [0.5, 0.6) is 0 Å². The molecule has 8 N–H and O–H groups in total. The summed E-state index contributed by atoms with van der Waals surface area (Å²) in [7, 11) is 0.0338.